The molecular formula is C25H24F3N5O5S. The van der Waals surface area contributed by atoms with Crippen molar-refractivity contribution in [2.75, 3.05) is 38.4 Å². The first-order valence-electron chi connectivity index (χ1n) is 11.9. The fourth-order valence-electron chi connectivity index (χ4n) is 4.22. The third-order valence-corrected chi connectivity index (χ3v) is 7.44. The molecule has 4 heterocycles. The maximum atomic E-state index is 13.4. The highest BCUT2D eigenvalue weighted by Crippen LogP contribution is 2.44. The molecule has 0 radical (unpaired) electrons. The van der Waals surface area contributed by atoms with Gasteiger partial charge in [0.2, 0.25) is 5.82 Å². The Morgan fingerprint density at radius 2 is 1.95 bits per heavy atom. The number of amides is 2. The molecule has 1 saturated heterocycles. The van der Waals surface area contributed by atoms with Gasteiger partial charge in [0, 0.05) is 41.7 Å². The first kappa shape index (κ1) is 27.0. The quantitative estimate of drug-likeness (QED) is 0.464. The molecule has 39 heavy (non-hydrogen) atoms. The maximum Gasteiger partial charge on any atom is 0.451 e. The minimum Gasteiger partial charge on any atom is -0.481 e. The summed E-state index contributed by atoms with van der Waals surface area (Å²) < 4.78 is 55.3. The number of aryl methyl sites for hydroxylation is 1. The number of benzene rings is 1. The number of methoxy groups -OCH3 is 1. The molecule has 1 atom stereocenters. The Hall–Kier alpha value is -3.62. The van der Waals surface area contributed by atoms with Gasteiger partial charge < -0.3 is 24.4 Å². The largest absolute Gasteiger partial charge is 0.481 e. The van der Waals surface area contributed by atoms with E-state index < -0.39 is 29.6 Å². The van der Waals surface area contributed by atoms with Crippen LogP contribution in [-0.4, -0.2) is 65.8 Å². The highest BCUT2D eigenvalue weighted by atomic mass is 32.1. The van der Waals surface area contributed by atoms with Gasteiger partial charge >= 0.3 is 6.18 Å². The first-order valence-corrected chi connectivity index (χ1v) is 12.7. The highest BCUT2D eigenvalue weighted by molar-refractivity contribution is 7.15. The molecule has 2 aliphatic rings. The molecule has 0 saturated carbocycles. The summed E-state index contributed by atoms with van der Waals surface area (Å²) in [5, 5.41) is 3.37. The molecule has 2 aromatic heterocycles. The van der Waals surface area contributed by atoms with E-state index in [1.165, 1.54) is 16.2 Å². The normalized spacial score (nSPS) is 17.2. The molecule has 0 unspecified atom stereocenters. The zero-order chi connectivity index (χ0) is 27.9. The smallest absolute Gasteiger partial charge is 0.451 e. The van der Waals surface area contributed by atoms with E-state index >= 15 is 0 Å². The van der Waals surface area contributed by atoms with Crippen molar-refractivity contribution in [1.29, 1.82) is 0 Å². The second kappa shape index (κ2) is 10.2. The molecule has 5 rings (SSSR count). The molecular weight excluding hydrogens is 539 g/mol. The van der Waals surface area contributed by atoms with Crippen LogP contribution in [0.25, 0.3) is 10.6 Å². The number of rotatable bonds is 7. The average molecular weight is 564 g/mol. The Kier molecular flexibility index (Phi) is 7.03. The second-order valence-electron chi connectivity index (χ2n) is 9.33. The standard InChI is InChI=1S/C25H24F3N5O5S/c1-13-6-29-22(39-13)17-4-15(21(35)32-14(2)16-7-30-23(31-8-16)25(26,27)28)5-18-20(17)38-9-19(34)33(18)10-24(36-3)11-37-12-24/h4-8,14H,9-12H2,1-3H3,(H,32,35)/t14-/m1/s1. The molecule has 10 nitrogen and oxygen atoms in total. The molecule has 206 valence electrons. The van der Waals surface area contributed by atoms with Gasteiger partial charge in [0.1, 0.15) is 10.6 Å². The Bertz CT molecular complexity index is 1400. The summed E-state index contributed by atoms with van der Waals surface area (Å²) in [6, 6.07) is 2.46. The number of hydrogen-bond donors (Lipinski definition) is 1. The number of ether oxygens (including phenoxy) is 3. The lowest BCUT2D eigenvalue weighted by atomic mass is 9.98. The molecule has 0 spiro atoms. The van der Waals surface area contributed by atoms with Crippen LogP contribution in [0.3, 0.4) is 0 Å². The van der Waals surface area contributed by atoms with Gasteiger partial charge in [0.25, 0.3) is 11.8 Å². The van der Waals surface area contributed by atoms with E-state index in [1.807, 2.05) is 6.92 Å². The van der Waals surface area contributed by atoms with E-state index in [9.17, 15) is 22.8 Å². The lowest BCUT2D eigenvalue weighted by molar-refractivity contribution is -0.190. The van der Waals surface area contributed by atoms with Crippen LogP contribution < -0.4 is 15.0 Å². The zero-order valence-corrected chi connectivity index (χ0v) is 22.0. The van der Waals surface area contributed by atoms with Gasteiger partial charge in [-0.1, -0.05) is 0 Å². The number of nitrogens with zero attached hydrogens (tertiary/aromatic N) is 4. The lowest BCUT2D eigenvalue weighted by Crippen LogP contribution is -2.60. The molecule has 2 aliphatic heterocycles. The predicted octanol–water partition coefficient (Wildman–Crippen LogP) is 3.56. The highest BCUT2D eigenvalue weighted by Gasteiger charge is 2.44. The number of anilines is 1. The van der Waals surface area contributed by atoms with Crippen molar-refractivity contribution in [3.63, 3.8) is 0 Å². The van der Waals surface area contributed by atoms with Crippen LogP contribution in [0, 0.1) is 6.92 Å². The van der Waals surface area contributed by atoms with E-state index in [4.69, 9.17) is 14.2 Å². The molecule has 0 aliphatic carbocycles. The molecule has 0 bridgehead atoms. The summed E-state index contributed by atoms with van der Waals surface area (Å²) >= 11 is 1.40. The van der Waals surface area contributed by atoms with E-state index in [-0.39, 0.29) is 30.2 Å². The summed E-state index contributed by atoms with van der Waals surface area (Å²) in [5.41, 5.74) is 0.733. The second-order valence-corrected chi connectivity index (χ2v) is 10.6. The summed E-state index contributed by atoms with van der Waals surface area (Å²) in [4.78, 5) is 40.0. The van der Waals surface area contributed by atoms with Crippen molar-refractivity contribution < 1.29 is 37.0 Å². The number of hydrogen-bond acceptors (Lipinski definition) is 9. The topological polar surface area (TPSA) is 116 Å². The number of carbonyl (C=O) groups is 2. The number of halogens is 3. The van der Waals surface area contributed by atoms with Gasteiger partial charge in [0.05, 0.1) is 37.1 Å². The number of alkyl halides is 3. The van der Waals surface area contributed by atoms with E-state index in [0.717, 1.165) is 17.3 Å². The van der Waals surface area contributed by atoms with Crippen molar-refractivity contribution in [2.24, 2.45) is 0 Å². The monoisotopic (exact) mass is 563 g/mol. The summed E-state index contributed by atoms with van der Waals surface area (Å²) in [7, 11) is 1.55. The Balaban J connectivity index is 1.49. The SMILES string of the molecule is COC1(CN2C(=O)COc3c(-c4ncc(C)s4)cc(C(=O)N[C@H](C)c4cnc(C(F)(F)F)nc4)cc32)COC1. The molecule has 14 heteroatoms. The van der Waals surface area contributed by atoms with Gasteiger partial charge in [-0.15, -0.1) is 11.3 Å². The Morgan fingerprint density at radius 1 is 1.23 bits per heavy atom. The third-order valence-electron chi connectivity index (χ3n) is 6.50. The van der Waals surface area contributed by atoms with Crippen LogP contribution in [0.1, 0.15) is 39.6 Å². The zero-order valence-electron chi connectivity index (χ0n) is 21.2. The van der Waals surface area contributed by atoms with Crippen molar-refractivity contribution in [2.45, 2.75) is 31.7 Å². The first-order chi connectivity index (χ1) is 18.5. The van der Waals surface area contributed by atoms with Crippen molar-refractivity contribution in [3.05, 3.63) is 52.6 Å². The molecule has 1 fully saturated rings. The van der Waals surface area contributed by atoms with Gasteiger partial charge in [0.15, 0.2) is 12.4 Å². The fourth-order valence-corrected chi connectivity index (χ4v) is 4.99. The minimum absolute atomic E-state index is 0.193. The maximum absolute atomic E-state index is 13.4. The number of fused-ring (bicyclic) bond motifs is 1. The Morgan fingerprint density at radius 3 is 2.51 bits per heavy atom. The average Bonchev–Trinajstić information content (AvgIpc) is 3.32. The minimum atomic E-state index is -4.67. The third kappa shape index (κ3) is 5.31. The van der Waals surface area contributed by atoms with Crippen molar-refractivity contribution >= 4 is 28.8 Å². The van der Waals surface area contributed by atoms with Crippen molar-refractivity contribution in [1.82, 2.24) is 20.3 Å². The van der Waals surface area contributed by atoms with Crippen LogP contribution >= 0.6 is 11.3 Å². The predicted molar refractivity (Wildman–Crippen MR) is 134 cm³/mol. The van der Waals surface area contributed by atoms with Crippen LogP contribution in [0.5, 0.6) is 5.75 Å². The fraction of sp³-hybridized carbons (Fsp3) is 0.400. The molecule has 3 aromatic rings. The summed E-state index contributed by atoms with van der Waals surface area (Å²) in [6.45, 7) is 4.13. The Labute approximate surface area is 225 Å². The molecule has 2 amide bonds. The van der Waals surface area contributed by atoms with Crippen LogP contribution in [0.4, 0.5) is 18.9 Å². The molecule has 1 N–H and O–H groups in total. The van der Waals surface area contributed by atoms with Gasteiger partial charge in [-0.3, -0.25) is 9.59 Å². The number of carbonyl (C=O) groups excluding carboxylic acids is 2. The van der Waals surface area contributed by atoms with Crippen molar-refractivity contribution in [3.8, 4) is 16.3 Å². The summed E-state index contributed by atoms with van der Waals surface area (Å²) in [6.07, 6.45) is -0.923. The van der Waals surface area contributed by atoms with Gasteiger partial charge in [-0.05, 0) is 26.0 Å². The number of thiazole rings is 1. The van der Waals surface area contributed by atoms with Crippen LogP contribution in [0.2, 0.25) is 0 Å². The number of aromatic nitrogens is 3. The lowest BCUT2D eigenvalue weighted by Gasteiger charge is -2.44. The van der Waals surface area contributed by atoms with Crippen LogP contribution in [-0.2, 0) is 20.4 Å². The molecule has 1 aromatic carbocycles. The van der Waals surface area contributed by atoms with Crippen LogP contribution in [0.15, 0.2) is 30.7 Å². The van der Waals surface area contributed by atoms with Gasteiger partial charge in [-0.2, -0.15) is 13.2 Å². The van der Waals surface area contributed by atoms with E-state index in [0.29, 0.717) is 35.2 Å². The number of nitrogens with one attached hydrogen (secondary N) is 1. The van der Waals surface area contributed by atoms with E-state index in [2.05, 4.69) is 20.3 Å². The van der Waals surface area contributed by atoms with E-state index in [1.54, 1.807) is 32.4 Å². The van der Waals surface area contributed by atoms with Gasteiger partial charge in [-0.25, -0.2) is 15.0 Å². The summed E-state index contributed by atoms with van der Waals surface area (Å²) in [5.74, 6) is -1.68.